The summed E-state index contributed by atoms with van der Waals surface area (Å²) in [6, 6.07) is 0. The van der Waals surface area contributed by atoms with Gasteiger partial charge in [0.15, 0.2) is 0 Å². The molecule has 0 aromatic carbocycles. The third-order valence-corrected chi connectivity index (χ3v) is 6.78. The molecule has 0 aliphatic carbocycles. The van der Waals surface area contributed by atoms with Crippen molar-refractivity contribution in [3.05, 3.63) is 0 Å². The van der Waals surface area contributed by atoms with E-state index in [9.17, 15) is 4.79 Å². The van der Waals surface area contributed by atoms with Crippen LogP contribution in [0.25, 0.3) is 0 Å². The topological polar surface area (TPSA) is 17.1 Å². The van der Waals surface area contributed by atoms with Crippen molar-refractivity contribution in [1.29, 1.82) is 0 Å². The number of rotatable bonds is 25. The fraction of sp³-hybridized carbons (Fsp3) is 0.966. The Morgan fingerprint density at radius 3 is 1.13 bits per heavy atom. The summed E-state index contributed by atoms with van der Waals surface area (Å²) in [5, 5.41) is 0. The Kier molecular flexibility index (Phi) is 24.7. The zero-order chi connectivity index (χ0) is 22.1. The molecule has 0 saturated heterocycles. The number of hydrogen-bond donors (Lipinski definition) is 0. The third-order valence-electron chi connectivity index (χ3n) is 6.78. The molecule has 0 N–H and O–H groups in total. The molecule has 0 aromatic rings. The smallest absolute Gasteiger partial charge is 0.129 e. The lowest BCUT2D eigenvalue weighted by molar-refractivity contribution is -0.117. The summed E-state index contributed by atoms with van der Waals surface area (Å²) in [5.41, 5.74) is 0. The Hall–Kier alpha value is -0.330. The number of carbonyl (C=O) groups is 1. The second-order valence-corrected chi connectivity index (χ2v) is 10.2. The zero-order valence-corrected chi connectivity index (χ0v) is 21.5. The van der Waals surface area contributed by atoms with Crippen molar-refractivity contribution < 1.29 is 4.79 Å². The molecule has 0 radical (unpaired) electrons. The highest BCUT2D eigenvalue weighted by Crippen LogP contribution is 2.19. The maximum absolute atomic E-state index is 10.9. The van der Waals surface area contributed by atoms with Crippen LogP contribution in [0, 0.1) is 5.92 Å². The average Bonchev–Trinajstić information content (AvgIpc) is 2.72. The standard InChI is InChI=1S/C29H58O/c1-4-5-6-7-8-9-10-11-12-13-14-15-16-17-19-22-25-28(2)26-23-20-18-21-24-27-29(3)30/h28H,4-27H2,1-3H3. The van der Waals surface area contributed by atoms with Crippen LogP contribution in [0.15, 0.2) is 0 Å². The molecular weight excluding hydrogens is 364 g/mol. The highest BCUT2D eigenvalue weighted by molar-refractivity contribution is 5.75. The summed E-state index contributed by atoms with van der Waals surface area (Å²) in [4.78, 5) is 10.9. The molecule has 0 aromatic heterocycles. The summed E-state index contributed by atoms with van der Waals surface area (Å²) >= 11 is 0. The fourth-order valence-electron chi connectivity index (χ4n) is 4.58. The normalized spacial score (nSPS) is 12.4. The Labute approximate surface area is 191 Å². The van der Waals surface area contributed by atoms with Crippen LogP contribution in [-0.2, 0) is 4.79 Å². The summed E-state index contributed by atoms with van der Waals surface area (Å²) in [6.07, 6.45) is 33.4. The van der Waals surface area contributed by atoms with Crippen molar-refractivity contribution in [1.82, 2.24) is 0 Å². The molecule has 1 heteroatoms. The average molecular weight is 423 g/mol. The van der Waals surface area contributed by atoms with Crippen LogP contribution in [0.4, 0.5) is 0 Å². The quantitative estimate of drug-likeness (QED) is 0.134. The van der Waals surface area contributed by atoms with E-state index >= 15 is 0 Å². The van der Waals surface area contributed by atoms with Gasteiger partial charge in [-0.3, -0.25) is 0 Å². The minimum Gasteiger partial charge on any atom is -0.300 e. The second-order valence-electron chi connectivity index (χ2n) is 10.2. The number of carbonyl (C=O) groups excluding carboxylic acids is 1. The molecular formula is C29H58O. The number of hydrogen-bond acceptors (Lipinski definition) is 1. The van der Waals surface area contributed by atoms with Gasteiger partial charge in [-0.25, -0.2) is 0 Å². The van der Waals surface area contributed by atoms with Gasteiger partial charge >= 0.3 is 0 Å². The largest absolute Gasteiger partial charge is 0.300 e. The summed E-state index contributed by atoms with van der Waals surface area (Å²) in [7, 11) is 0. The first kappa shape index (κ1) is 29.7. The lowest BCUT2D eigenvalue weighted by atomic mass is 9.95. The van der Waals surface area contributed by atoms with Crippen molar-refractivity contribution in [2.45, 2.75) is 175 Å². The molecule has 0 spiro atoms. The molecule has 0 rings (SSSR count). The van der Waals surface area contributed by atoms with Crippen LogP contribution in [0.1, 0.15) is 175 Å². The molecule has 30 heavy (non-hydrogen) atoms. The molecule has 0 saturated carbocycles. The predicted molar refractivity (Wildman–Crippen MR) is 136 cm³/mol. The van der Waals surface area contributed by atoms with Crippen LogP contribution in [0.2, 0.25) is 0 Å². The first-order valence-electron chi connectivity index (χ1n) is 14.2. The summed E-state index contributed by atoms with van der Waals surface area (Å²) in [5.74, 6) is 1.26. The SMILES string of the molecule is CCCCCCCCCCCCCCCCCCC(C)CCCCCCCC(C)=O. The number of ketones is 1. The van der Waals surface area contributed by atoms with Crippen molar-refractivity contribution in [2.75, 3.05) is 0 Å². The molecule has 180 valence electrons. The van der Waals surface area contributed by atoms with Crippen molar-refractivity contribution in [3.63, 3.8) is 0 Å². The molecule has 0 aliphatic heterocycles. The Balaban J connectivity index is 3.13. The van der Waals surface area contributed by atoms with E-state index in [0.717, 1.165) is 18.8 Å². The van der Waals surface area contributed by atoms with Crippen LogP contribution in [0.3, 0.4) is 0 Å². The lowest BCUT2D eigenvalue weighted by Crippen LogP contribution is -1.95. The molecule has 0 bridgehead atoms. The maximum Gasteiger partial charge on any atom is 0.129 e. The molecule has 1 nitrogen and oxygen atoms in total. The van der Waals surface area contributed by atoms with E-state index in [-0.39, 0.29) is 0 Å². The summed E-state index contributed by atoms with van der Waals surface area (Å²) < 4.78 is 0. The van der Waals surface area contributed by atoms with Gasteiger partial charge in [0.05, 0.1) is 0 Å². The third kappa shape index (κ3) is 25.7. The first-order chi connectivity index (χ1) is 14.7. The minimum absolute atomic E-state index is 0.349. The molecule has 0 fully saturated rings. The van der Waals surface area contributed by atoms with Crippen LogP contribution < -0.4 is 0 Å². The lowest BCUT2D eigenvalue weighted by Gasteiger charge is -2.11. The Morgan fingerprint density at radius 2 is 0.800 bits per heavy atom. The first-order valence-corrected chi connectivity index (χ1v) is 14.2. The van der Waals surface area contributed by atoms with Gasteiger partial charge in [0, 0.05) is 6.42 Å². The number of Topliss-reactive ketones (excluding diaryl/α,β-unsaturated/α-hetero) is 1. The van der Waals surface area contributed by atoms with Gasteiger partial charge in [0.2, 0.25) is 0 Å². The van der Waals surface area contributed by atoms with E-state index in [2.05, 4.69) is 13.8 Å². The minimum atomic E-state index is 0.349. The van der Waals surface area contributed by atoms with E-state index in [1.807, 2.05) is 0 Å². The van der Waals surface area contributed by atoms with Gasteiger partial charge in [-0.15, -0.1) is 0 Å². The van der Waals surface area contributed by atoms with E-state index in [4.69, 9.17) is 0 Å². The summed E-state index contributed by atoms with van der Waals surface area (Å²) in [6.45, 7) is 6.45. The monoisotopic (exact) mass is 422 g/mol. The zero-order valence-electron chi connectivity index (χ0n) is 21.5. The van der Waals surface area contributed by atoms with E-state index in [1.165, 1.54) is 141 Å². The highest BCUT2D eigenvalue weighted by Gasteiger charge is 2.02. The molecule has 0 amide bonds. The number of unbranched alkanes of at least 4 members (excludes halogenated alkanes) is 19. The maximum atomic E-state index is 10.9. The second kappa shape index (κ2) is 24.9. The molecule has 0 aliphatic rings. The van der Waals surface area contributed by atoms with Crippen molar-refractivity contribution >= 4 is 5.78 Å². The molecule has 0 heterocycles. The predicted octanol–water partition coefficient (Wildman–Crippen LogP) is 10.6. The Bertz CT molecular complexity index is 335. The van der Waals surface area contributed by atoms with Crippen molar-refractivity contribution in [3.8, 4) is 0 Å². The van der Waals surface area contributed by atoms with E-state index in [0.29, 0.717) is 5.78 Å². The van der Waals surface area contributed by atoms with Gasteiger partial charge in [-0.05, 0) is 19.3 Å². The van der Waals surface area contributed by atoms with Gasteiger partial charge in [-0.1, -0.05) is 155 Å². The van der Waals surface area contributed by atoms with Gasteiger partial charge in [0.1, 0.15) is 5.78 Å². The van der Waals surface area contributed by atoms with Crippen LogP contribution in [-0.4, -0.2) is 5.78 Å². The Morgan fingerprint density at radius 1 is 0.500 bits per heavy atom. The van der Waals surface area contributed by atoms with E-state index in [1.54, 1.807) is 6.92 Å². The van der Waals surface area contributed by atoms with Crippen molar-refractivity contribution in [2.24, 2.45) is 5.92 Å². The van der Waals surface area contributed by atoms with Crippen LogP contribution in [0.5, 0.6) is 0 Å². The van der Waals surface area contributed by atoms with Gasteiger partial charge in [-0.2, -0.15) is 0 Å². The van der Waals surface area contributed by atoms with Gasteiger partial charge < -0.3 is 4.79 Å². The highest BCUT2D eigenvalue weighted by atomic mass is 16.1. The van der Waals surface area contributed by atoms with E-state index < -0.39 is 0 Å². The molecule has 1 atom stereocenters. The van der Waals surface area contributed by atoms with Gasteiger partial charge in [0.25, 0.3) is 0 Å². The van der Waals surface area contributed by atoms with Crippen LogP contribution >= 0.6 is 0 Å². The fourth-order valence-corrected chi connectivity index (χ4v) is 4.58. The molecule has 1 unspecified atom stereocenters.